The van der Waals surface area contributed by atoms with Crippen molar-refractivity contribution >= 4 is 32.6 Å². The van der Waals surface area contributed by atoms with E-state index in [1.54, 1.807) is 0 Å². The van der Waals surface area contributed by atoms with Crippen LogP contribution in [-0.4, -0.2) is 49.3 Å². The average molecular weight is 389 g/mol. The number of amides is 2. The molecule has 0 radical (unpaired) electrons. The topological polar surface area (TPSA) is 108 Å². The minimum atomic E-state index is -3.02. The summed E-state index contributed by atoms with van der Waals surface area (Å²) < 4.78 is 22.9. The highest BCUT2D eigenvalue weighted by Gasteiger charge is 2.48. The summed E-state index contributed by atoms with van der Waals surface area (Å²) in [6.07, 6.45) is 3.67. The molecule has 3 unspecified atom stereocenters. The Balaban J connectivity index is 1.22. The van der Waals surface area contributed by atoms with Gasteiger partial charge in [-0.3, -0.25) is 9.59 Å². The molecule has 1 aliphatic carbocycles. The molecule has 1 saturated heterocycles. The first-order valence-electron chi connectivity index (χ1n) is 9.26. The zero-order valence-electron chi connectivity index (χ0n) is 14.9. The highest BCUT2D eigenvalue weighted by Crippen LogP contribution is 2.39. The normalized spacial score (nSPS) is 26.0. The van der Waals surface area contributed by atoms with Crippen molar-refractivity contribution in [3.05, 3.63) is 36.0 Å². The summed E-state index contributed by atoms with van der Waals surface area (Å²) in [7, 11) is -3.02. The van der Waals surface area contributed by atoms with Gasteiger partial charge >= 0.3 is 0 Å². The number of benzene rings is 1. The molecule has 0 bridgehead atoms. The van der Waals surface area contributed by atoms with Crippen molar-refractivity contribution in [1.29, 1.82) is 0 Å². The van der Waals surface area contributed by atoms with Crippen molar-refractivity contribution < 1.29 is 18.0 Å². The van der Waals surface area contributed by atoms with Gasteiger partial charge in [0.2, 0.25) is 11.8 Å². The van der Waals surface area contributed by atoms with E-state index in [2.05, 4.69) is 15.6 Å². The number of H-pyrrole nitrogens is 1. The van der Waals surface area contributed by atoms with Crippen LogP contribution in [0.5, 0.6) is 0 Å². The smallest absolute Gasteiger partial charge is 0.224 e. The minimum absolute atomic E-state index is 0.00689. The molecule has 2 aliphatic rings. The summed E-state index contributed by atoms with van der Waals surface area (Å²) in [5.74, 6) is -0.803. The van der Waals surface area contributed by atoms with Crippen molar-refractivity contribution in [2.24, 2.45) is 11.8 Å². The number of hydrogen-bond acceptors (Lipinski definition) is 4. The van der Waals surface area contributed by atoms with Gasteiger partial charge in [-0.2, -0.15) is 0 Å². The Morgan fingerprint density at radius 1 is 1.15 bits per heavy atom. The first-order valence-corrected chi connectivity index (χ1v) is 11.1. The molecule has 3 atom stereocenters. The summed E-state index contributed by atoms with van der Waals surface area (Å²) in [4.78, 5) is 27.7. The van der Waals surface area contributed by atoms with Crippen LogP contribution < -0.4 is 10.6 Å². The summed E-state index contributed by atoms with van der Waals surface area (Å²) in [5.41, 5.74) is 2.23. The summed E-state index contributed by atoms with van der Waals surface area (Å²) >= 11 is 0. The molecule has 8 heteroatoms. The predicted octanol–water partition coefficient (Wildman–Crippen LogP) is 0.766. The Kier molecular flexibility index (Phi) is 4.67. The SMILES string of the molecule is O=C(NCCc1c[nH]c2ccccc12)C1CC1C(=O)NC1CCS(=O)(=O)C1. The van der Waals surface area contributed by atoms with E-state index >= 15 is 0 Å². The second kappa shape index (κ2) is 6.99. The highest BCUT2D eigenvalue weighted by atomic mass is 32.2. The molecule has 0 spiro atoms. The number of para-hydroxylation sites is 1. The molecule has 2 aromatic rings. The van der Waals surface area contributed by atoms with Gasteiger partial charge in [0.25, 0.3) is 0 Å². The molecule has 4 rings (SSSR count). The lowest BCUT2D eigenvalue weighted by molar-refractivity contribution is -0.127. The second-order valence-electron chi connectivity index (χ2n) is 7.46. The predicted molar refractivity (Wildman–Crippen MR) is 102 cm³/mol. The van der Waals surface area contributed by atoms with E-state index in [1.807, 2.05) is 30.5 Å². The number of nitrogens with one attached hydrogen (secondary N) is 3. The zero-order valence-corrected chi connectivity index (χ0v) is 15.7. The van der Waals surface area contributed by atoms with Crippen molar-refractivity contribution in [2.75, 3.05) is 18.1 Å². The monoisotopic (exact) mass is 389 g/mol. The molecule has 1 aromatic carbocycles. The van der Waals surface area contributed by atoms with Crippen LogP contribution >= 0.6 is 0 Å². The van der Waals surface area contributed by atoms with Gasteiger partial charge in [0.1, 0.15) is 0 Å². The van der Waals surface area contributed by atoms with Gasteiger partial charge in [-0.1, -0.05) is 18.2 Å². The number of aromatic nitrogens is 1. The Hall–Kier alpha value is -2.35. The van der Waals surface area contributed by atoms with Crippen LogP contribution in [0.2, 0.25) is 0 Å². The van der Waals surface area contributed by atoms with Gasteiger partial charge in [-0.05, 0) is 30.9 Å². The number of hydrogen-bond donors (Lipinski definition) is 3. The van der Waals surface area contributed by atoms with Gasteiger partial charge < -0.3 is 15.6 Å². The Bertz CT molecular complexity index is 982. The number of carbonyl (C=O) groups is 2. The first-order chi connectivity index (χ1) is 12.9. The number of fused-ring (bicyclic) bond motifs is 1. The van der Waals surface area contributed by atoms with E-state index in [-0.39, 0.29) is 41.2 Å². The van der Waals surface area contributed by atoms with E-state index in [4.69, 9.17) is 0 Å². The molecule has 1 aliphatic heterocycles. The second-order valence-corrected chi connectivity index (χ2v) is 9.69. The van der Waals surface area contributed by atoms with E-state index in [0.29, 0.717) is 19.4 Å². The number of carbonyl (C=O) groups excluding carboxylic acids is 2. The number of aromatic amines is 1. The molecule has 27 heavy (non-hydrogen) atoms. The van der Waals surface area contributed by atoms with Crippen LogP contribution in [0.1, 0.15) is 18.4 Å². The molecular weight excluding hydrogens is 366 g/mol. The van der Waals surface area contributed by atoms with Gasteiger partial charge in [0.15, 0.2) is 9.84 Å². The molecule has 1 saturated carbocycles. The van der Waals surface area contributed by atoms with Gasteiger partial charge in [-0.15, -0.1) is 0 Å². The quantitative estimate of drug-likeness (QED) is 0.678. The van der Waals surface area contributed by atoms with Crippen LogP contribution in [0, 0.1) is 11.8 Å². The fourth-order valence-corrected chi connectivity index (χ4v) is 5.45. The van der Waals surface area contributed by atoms with E-state index in [1.165, 1.54) is 0 Å². The minimum Gasteiger partial charge on any atom is -0.361 e. The maximum Gasteiger partial charge on any atom is 0.224 e. The molecule has 144 valence electrons. The maximum atomic E-state index is 12.3. The summed E-state index contributed by atoms with van der Waals surface area (Å²) in [5, 5.41) is 6.84. The third-order valence-electron chi connectivity index (χ3n) is 5.41. The Labute approximate surface area is 157 Å². The van der Waals surface area contributed by atoms with Crippen LogP contribution in [-0.2, 0) is 25.8 Å². The van der Waals surface area contributed by atoms with Crippen LogP contribution in [0.3, 0.4) is 0 Å². The molecule has 2 amide bonds. The van der Waals surface area contributed by atoms with Crippen molar-refractivity contribution in [3.8, 4) is 0 Å². The lowest BCUT2D eigenvalue weighted by atomic mass is 10.1. The molecule has 3 N–H and O–H groups in total. The maximum absolute atomic E-state index is 12.3. The van der Waals surface area contributed by atoms with Crippen LogP contribution in [0.4, 0.5) is 0 Å². The van der Waals surface area contributed by atoms with Crippen LogP contribution in [0.15, 0.2) is 30.5 Å². The van der Waals surface area contributed by atoms with E-state index in [0.717, 1.165) is 22.9 Å². The molecule has 1 aromatic heterocycles. The van der Waals surface area contributed by atoms with Gasteiger partial charge in [-0.25, -0.2) is 8.42 Å². The lowest BCUT2D eigenvalue weighted by Gasteiger charge is -2.10. The van der Waals surface area contributed by atoms with Crippen molar-refractivity contribution in [3.63, 3.8) is 0 Å². The van der Waals surface area contributed by atoms with Crippen molar-refractivity contribution in [1.82, 2.24) is 15.6 Å². The molecule has 7 nitrogen and oxygen atoms in total. The van der Waals surface area contributed by atoms with E-state index in [9.17, 15) is 18.0 Å². The summed E-state index contributed by atoms with van der Waals surface area (Å²) in [6, 6.07) is 7.72. The van der Waals surface area contributed by atoms with Gasteiger partial charge in [0, 0.05) is 29.7 Å². The largest absolute Gasteiger partial charge is 0.361 e. The average Bonchev–Trinajstić information content (AvgIpc) is 3.24. The number of rotatable bonds is 6. The van der Waals surface area contributed by atoms with Crippen molar-refractivity contribution in [2.45, 2.75) is 25.3 Å². The summed E-state index contributed by atoms with van der Waals surface area (Å²) in [6.45, 7) is 0.520. The molecule has 2 heterocycles. The fraction of sp³-hybridized carbons (Fsp3) is 0.474. The van der Waals surface area contributed by atoms with Gasteiger partial charge in [0.05, 0.1) is 23.3 Å². The van der Waals surface area contributed by atoms with Crippen LogP contribution in [0.25, 0.3) is 10.9 Å². The number of sulfone groups is 1. The standard InChI is InChI=1S/C19H23N3O4S/c23-18(20-7-5-12-10-21-17-4-2-1-3-14(12)17)15-9-16(15)19(24)22-13-6-8-27(25,26)11-13/h1-4,10,13,15-16,21H,5-9,11H2,(H,20,23)(H,22,24). The third-order valence-corrected chi connectivity index (χ3v) is 7.18. The Morgan fingerprint density at radius 2 is 1.93 bits per heavy atom. The zero-order chi connectivity index (χ0) is 19.0. The highest BCUT2D eigenvalue weighted by molar-refractivity contribution is 7.91. The third kappa shape index (κ3) is 4.00. The van der Waals surface area contributed by atoms with E-state index < -0.39 is 9.84 Å². The fourth-order valence-electron chi connectivity index (χ4n) is 3.78. The Morgan fingerprint density at radius 3 is 2.70 bits per heavy atom. The molecule has 2 fully saturated rings. The first kappa shape index (κ1) is 18.0. The molecular formula is C19H23N3O4S. The lowest BCUT2D eigenvalue weighted by Crippen LogP contribution is -2.38.